The number of nitrogens with zero attached hydrogens (tertiary/aromatic N) is 4. The third kappa shape index (κ3) is 11.3. The van der Waals surface area contributed by atoms with E-state index in [-0.39, 0.29) is 12.1 Å². The number of nitrogens with one attached hydrogen (secondary N) is 2. The number of hydrogen-bond donors (Lipinski definition) is 2. The minimum atomic E-state index is -0.423. The second-order valence-corrected chi connectivity index (χ2v) is 13.4. The molecule has 4 fully saturated rings. The molecule has 2 saturated carbocycles. The van der Waals surface area contributed by atoms with Gasteiger partial charge in [0.2, 0.25) is 0 Å². The Morgan fingerprint density at radius 3 is 1.68 bits per heavy atom. The van der Waals surface area contributed by atoms with Crippen LogP contribution in [0.25, 0.3) is 0 Å². The Balaban J connectivity index is 0.000000221. The van der Waals surface area contributed by atoms with Crippen LogP contribution in [0.15, 0.2) is 0 Å². The van der Waals surface area contributed by atoms with Gasteiger partial charge in [0, 0.05) is 50.3 Å². The summed E-state index contributed by atoms with van der Waals surface area (Å²) in [6.45, 7) is 15.5. The van der Waals surface area contributed by atoms with Gasteiger partial charge in [0.05, 0.1) is 0 Å². The van der Waals surface area contributed by atoms with E-state index >= 15 is 0 Å². The number of likely N-dealkylation sites (N-methyl/N-ethyl adjacent to an activating group) is 2. The summed E-state index contributed by atoms with van der Waals surface area (Å²) in [5, 5.41) is 6.53. The summed E-state index contributed by atoms with van der Waals surface area (Å²) in [5.74, 6) is 0. The van der Waals surface area contributed by atoms with Crippen LogP contribution in [-0.4, -0.2) is 129 Å². The van der Waals surface area contributed by atoms with E-state index in [1.165, 1.54) is 90.6 Å². The van der Waals surface area contributed by atoms with Crippen molar-refractivity contribution in [2.24, 2.45) is 0 Å². The molecular formula is C30H60N6O2. The van der Waals surface area contributed by atoms with E-state index in [1.807, 2.05) is 20.8 Å². The predicted octanol–water partition coefficient (Wildman–Crippen LogP) is 3.61. The Morgan fingerprint density at radius 2 is 1.18 bits per heavy atom. The number of amides is 1. The van der Waals surface area contributed by atoms with Crippen molar-refractivity contribution < 1.29 is 9.53 Å². The summed E-state index contributed by atoms with van der Waals surface area (Å²) >= 11 is 0. The minimum absolute atomic E-state index is 0.259. The molecule has 0 bridgehead atoms. The smallest absolute Gasteiger partial charge is 0.407 e. The topological polar surface area (TPSA) is 63.3 Å². The van der Waals surface area contributed by atoms with Gasteiger partial charge < -0.3 is 25.2 Å². The van der Waals surface area contributed by atoms with Gasteiger partial charge in [-0.3, -0.25) is 9.80 Å². The van der Waals surface area contributed by atoms with Gasteiger partial charge >= 0.3 is 6.09 Å². The fourth-order valence-corrected chi connectivity index (χ4v) is 6.72. The number of carbonyl (C=O) groups excluding carboxylic acids is 1. The molecule has 2 heterocycles. The molecule has 38 heavy (non-hydrogen) atoms. The van der Waals surface area contributed by atoms with Crippen molar-refractivity contribution in [1.29, 1.82) is 0 Å². The van der Waals surface area contributed by atoms with Crippen molar-refractivity contribution in [2.45, 2.75) is 115 Å². The first kappa shape index (κ1) is 31.6. The van der Waals surface area contributed by atoms with E-state index in [9.17, 15) is 4.79 Å². The van der Waals surface area contributed by atoms with E-state index < -0.39 is 5.60 Å². The predicted molar refractivity (Wildman–Crippen MR) is 158 cm³/mol. The van der Waals surface area contributed by atoms with Crippen LogP contribution < -0.4 is 10.6 Å². The first-order chi connectivity index (χ1) is 18.1. The molecule has 0 aromatic heterocycles. The van der Waals surface area contributed by atoms with Crippen LogP contribution in [-0.2, 0) is 4.74 Å². The fraction of sp³-hybridized carbons (Fsp3) is 0.967. The molecule has 4 atom stereocenters. The highest BCUT2D eigenvalue weighted by Gasteiger charge is 2.30. The lowest BCUT2D eigenvalue weighted by Crippen LogP contribution is -2.47. The molecule has 0 radical (unpaired) electrons. The molecule has 2 aliphatic heterocycles. The van der Waals surface area contributed by atoms with Crippen molar-refractivity contribution in [3.05, 3.63) is 0 Å². The largest absolute Gasteiger partial charge is 0.444 e. The van der Waals surface area contributed by atoms with Gasteiger partial charge in [-0.25, -0.2) is 4.79 Å². The Labute approximate surface area is 234 Å². The van der Waals surface area contributed by atoms with Gasteiger partial charge in [0.1, 0.15) is 5.60 Å². The Hall–Kier alpha value is -0.930. The van der Waals surface area contributed by atoms with Crippen LogP contribution in [0.5, 0.6) is 0 Å². The molecule has 2 saturated heterocycles. The second kappa shape index (κ2) is 15.8. The summed E-state index contributed by atoms with van der Waals surface area (Å²) < 4.78 is 5.38. The molecule has 4 rings (SSSR count). The number of ether oxygens (including phenoxy) is 1. The summed E-state index contributed by atoms with van der Waals surface area (Å²) in [7, 11) is 6.57. The highest BCUT2D eigenvalue weighted by molar-refractivity contribution is 5.68. The molecule has 8 heteroatoms. The summed E-state index contributed by atoms with van der Waals surface area (Å²) in [4.78, 5) is 22.2. The van der Waals surface area contributed by atoms with E-state index in [1.54, 1.807) is 0 Å². The van der Waals surface area contributed by atoms with Crippen molar-refractivity contribution in [3.8, 4) is 0 Å². The molecular weight excluding hydrogens is 476 g/mol. The average molecular weight is 537 g/mol. The maximum absolute atomic E-state index is 12.0. The zero-order valence-corrected chi connectivity index (χ0v) is 25.6. The quantitative estimate of drug-likeness (QED) is 0.569. The molecule has 2 aliphatic carbocycles. The SMILES string of the molecule is CN1CCCN(C2CCCC(NC(=O)OC(C)(C)C)C2)CC1.CNC1CCCC(N2CCCN(C)CC2)C1. The lowest BCUT2D eigenvalue weighted by molar-refractivity contribution is 0.0470. The normalized spacial score (nSPS) is 31.4. The molecule has 1 amide bonds. The lowest BCUT2D eigenvalue weighted by atomic mass is 9.90. The number of rotatable bonds is 4. The summed E-state index contributed by atoms with van der Waals surface area (Å²) in [5.41, 5.74) is -0.423. The second-order valence-electron chi connectivity index (χ2n) is 13.4. The van der Waals surface area contributed by atoms with Gasteiger partial charge in [-0.1, -0.05) is 6.42 Å². The van der Waals surface area contributed by atoms with Crippen LogP contribution in [0.4, 0.5) is 4.79 Å². The third-order valence-electron chi connectivity index (χ3n) is 8.96. The molecule has 0 aromatic rings. The molecule has 0 spiro atoms. The number of hydrogen-bond acceptors (Lipinski definition) is 7. The zero-order chi connectivity index (χ0) is 27.5. The zero-order valence-electron chi connectivity index (χ0n) is 25.6. The molecule has 2 N–H and O–H groups in total. The first-order valence-corrected chi connectivity index (χ1v) is 15.6. The van der Waals surface area contributed by atoms with Crippen LogP contribution >= 0.6 is 0 Å². The van der Waals surface area contributed by atoms with Crippen LogP contribution in [0.1, 0.15) is 85.0 Å². The number of alkyl carbamates (subject to hydrolysis) is 1. The van der Waals surface area contributed by atoms with Gasteiger partial charge in [-0.15, -0.1) is 0 Å². The van der Waals surface area contributed by atoms with E-state index in [4.69, 9.17) is 4.74 Å². The van der Waals surface area contributed by atoms with Crippen molar-refractivity contribution in [2.75, 3.05) is 73.5 Å². The Morgan fingerprint density at radius 1 is 0.684 bits per heavy atom. The van der Waals surface area contributed by atoms with Gasteiger partial charge in [-0.2, -0.15) is 0 Å². The van der Waals surface area contributed by atoms with Gasteiger partial charge in [0.15, 0.2) is 0 Å². The van der Waals surface area contributed by atoms with Crippen LogP contribution in [0, 0.1) is 0 Å². The van der Waals surface area contributed by atoms with E-state index in [0.717, 1.165) is 38.0 Å². The Kier molecular flexibility index (Phi) is 13.1. The van der Waals surface area contributed by atoms with Gasteiger partial charge in [0.25, 0.3) is 0 Å². The highest BCUT2D eigenvalue weighted by Crippen LogP contribution is 2.25. The van der Waals surface area contributed by atoms with Crippen molar-refractivity contribution in [1.82, 2.24) is 30.2 Å². The molecule has 222 valence electrons. The lowest BCUT2D eigenvalue weighted by Gasteiger charge is -2.37. The van der Waals surface area contributed by atoms with Gasteiger partial charge in [-0.05, 0) is 126 Å². The molecule has 8 nitrogen and oxygen atoms in total. The van der Waals surface area contributed by atoms with Crippen LogP contribution in [0.2, 0.25) is 0 Å². The maximum atomic E-state index is 12.0. The van der Waals surface area contributed by atoms with Crippen molar-refractivity contribution >= 4 is 6.09 Å². The maximum Gasteiger partial charge on any atom is 0.407 e. The standard InChI is InChI=1S/C17H33N3O2.C13H27N3/c1-17(2,3)22-16(21)18-14-7-5-8-15(13-14)20-10-6-9-19(4)11-12-20;1-14-12-5-3-6-13(11-12)16-8-4-7-15(2)9-10-16/h14-15H,5-13H2,1-4H3,(H,18,21);12-14H,3-11H2,1-2H3. The summed E-state index contributed by atoms with van der Waals surface area (Å²) in [6.07, 6.45) is 12.5. The highest BCUT2D eigenvalue weighted by atomic mass is 16.6. The summed E-state index contributed by atoms with van der Waals surface area (Å²) in [6, 6.07) is 2.48. The van der Waals surface area contributed by atoms with Crippen molar-refractivity contribution in [3.63, 3.8) is 0 Å². The molecule has 4 aliphatic rings. The molecule has 4 unspecified atom stereocenters. The van der Waals surface area contributed by atoms with E-state index in [2.05, 4.69) is 51.4 Å². The minimum Gasteiger partial charge on any atom is -0.444 e. The first-order valence-electron chi connectivity index (χ1n) is 15.6. The fourth-order valence-electron chi connectivity index (χ4n) is 6.72. The average Bonchev–Trinajstić information content (AvgIpc) is 3.23. The van der Waals surface area contributed by atoms with Crippen LogP contribution in [0.3, 0.4) is 0 Å². The Bertz CT molecular complexity index is 686. The molecule has 0 aromatic carbocycles. The number of carbonyl (C=O) groups is 1. The third-order valence-corrected chi connectivity index (χ3v) is 8.96. The van der Waals surface area contributed by atoms with E-state index in [0.29, 0.717) is 6.04 Å². The monoisotopic (exact) mass is 536 g/mol.